The number of nitrogens with zero attached hydrogens (tertiary/aromatic N) is 2. The fourth-order valence-corrected chi connectivity index (χ4v) is 1.68. The molecule has 0 fully saturated rings. The summed E-state index contributed by atoms with van der Waals surface area (Å²) >= 11 is 9.24. The molecule has 1 aromatic carbocycles. The molecular formula is C10H6BrClFN3. The predicted octanol–water partition coefficient (Wildman–Crippen LogP) is 3.78. The van der Waals surface area contributed by atoms with Crippen molar-refractivity contribution in [1.82, 2.24) is 9.97 Å². The Morgan fingerprint density at radius 1 is 1.31 bits per heavy atom. The molecule has 0 spiro atoms. The SMILES string of the molecule is Fc1cc(Nc2cccc(Cl)c2Br)ncn1. The highest BCUT2D eigenvalue weighted by atomic mass is 79.9. The first-order valence-electron chi connectivity index (χ1n) is 4.35. The molecule has 1 N–H and O–H groups in total. The Morgan fingerprint density at radius 3 is 2.88 bits per heavy atom. The van der Waals surface area contributed by atoms with Gasteiger partial charge in [0.2, 0.25) is 5.95 Å². The Bertz CT molecular complexity index is 521. The van der Waals surface area contributed by atoms with Crippen LogP contribution in [-0.2, 0) is 0 Å². The first-order valence-corrected chi connectivity index (χ1v) is 5.52. The molecule has 0 aliphatic rings. The van der Waals surface area contributed by atoms with Crippen LogP contribution < -0.4 is 5.32 Å². The van der Waals surface area contributed by atoms with Crippen molar-refractivity contribution < 1.29 is 4.39 Å². The highest BCUT2D eigenvalue weighted by Gasteiger charge is 2.05. The van der Waals surface area contributed by atoms with E-state index in [1.165, 1.54) is 6.07 Å². The van der Waals surface area contributed by atoms with Gasteiger partial charge < -0.3 is 5.32 Å². The minimum absolute atomic E-state index is 0.371. The second kappa shape index (κ2) is 4.76. The first kappa shape index (κ1) is 11.3. The molecule has 2 aromatic rings. The zero-order valence-electron chi connectivity index (χ0n) is 7.92. The van der Waals surface area contributed by atoms with Gasteiger partial charge in [0.1, 0.15) is 12.1 Å². The van der Waals surface area contributed by atoms with E-state index >= 15 is 0 Å². The van der Waals surface area contributed by atoms with Crippen molar-refractivity contribution in [2.24, 2.45) is 0 Å². The maximum Gasteiger partial charge on any atom is 0.218 e. The zero-order valence-corrected chi connectivity index (χ0v) is 10.3. The summed E-state index contributed by atoms with van der Waals surface area (Å²) in [5, 5.41) is 3.50. The predicted molar refractivity (Wildman–Crippen MR) is 64.4 cm³/mol. The van der Waals surface area contributed by atoms with Crippen LogP contribution in [0.2, 0.25) is 5.02 Å². The number of benzene rings is 1. The molecule has 0 saturated carbocycles. The Balaban J connectivity index is 2.31. The lowest BCUT2D eigenvalue weighted by molar-refractivity contribution is 0.580. The molecule has 82 valence electrons. The number of anilines is 2. The van der Waals surface area contributed by atoms with Gasteiger partial charge in [0.15, 0.2) is 0 Å². The monoisotopic (exact) mass is 301 g/mol. The Morgan fingerprint density at radius 2 is 2.12 bits per heavy atom. The summed E-state index contributed by atoms with van der Waals surface area (Å²) in [4.78, 5) is 7.25. The van der Waals surface area contributed by atoms with Crippen molar-refractivity contribution in [3.05, 3.63) is 46.0 Å². The number of hydrogen-bond acceptors (Lipinski definition) is 3. The van der Waals surface area contributed by atoms with Crippen LogP contribution in [0.25, 0.3) is 0 Å². The van der Waals surface area contributed by atoms with Gasteiger partial charge in [-0.3, -0.25) is 0 Å². The van der Waals surface area contributed by atoms with Crippen LogP contribution in [0.15, 0.2) is 35.1 Å². The molecule has 3 nitrogen and oxygen atoms in total. The van der Waals surface area contributed by atoms with Crippen molar-refractivity contribution >= 4 is 39.0 Å². The lowest BCUT2D eigenvalue weighted by Crippen LogP contribution is -1.96. The number of hydrogen-bond donors (Lipinski definition) is 1. The third-order valence-electron chi connectivity index (χ3n) is 1.85. The molecule has 0 bridgehead atoms. The van der Waals surface area contributed by atoms with Gasteiger partial charge in [-0.2, -0.15) is 4.39 Å². The molecule has 2 rings (SSSR count). The molecule has 0 saturated heterocycles. The topological polar surface area (TPSA) is 37.8 Å². The summed E-state index contributed by atoms with van der Waals surface area (Å²) in [5.74, 6) is -0.217. The van der Waals surface area contributed by atoms with Crippen LogP contribution in [0.1, 0.15) is 0 Å². The minimum Gasteiger partial charge on any atom is -0.339 e. The number of halogens is 3. The second-order valence-corrected chi connectivity index (χ2v) is 4.15. The summed E-state index contributed by atoms with van der Waals surface area (Å²) in [5.41, 5.74) is 0.714. The van der Waals surface area contributed by atoms with Crippen LogP contribution in [0, 0.1) is 5.95 Å². The fraction of sp³-hybridized carbons (Fsp3) is 0. The van der Waals surface area contributed by atoms with Crippen molar-refractivity contribution in [2.75, 3.05) is 5.32 Å². The van der Waals surface area contributed by atoms with Gasteiger partial charge in [-0.25, -0.2) is 9.97 Å². The summed E-state index contributed by atoms with van der Waals surface area (Å²) < 4.78 is 13.5. The van der Waals surface area contributed by atoms with Crippen LogP contribution in [0.3, 0.4) is 0 Å². The van der Waals surface area contributed by atoms with E-state index in [0.717, 1.165) is 6.33 Å². The van der Waals surface area contributed by atoms with Crippen molar-refractivity contribution in [2.45, 2.75) is 0 Å². The molecule has 1 aromatic heterocycles. The van der Waals surface area contributed by atoms with Crippen LogP contribution in [-0.4, -0.2) is 9.97 Å². The lowest BCUT2D eigenvalue weighted by Gasteiger charge is -2.08. The number of aromatic nitrogens is 2. The maximum atomic E-state index is 12.8. The molecule has 0 aliphatic carbocycles. The van der Waals surface area contributed by atoms with E-state index < -0.39 is 5.95 Å². The van der Waals surface area contributed by atoms with E-state index in [4.69, 9.17) is 11.6 Å². The van der Waals surface area contributed by atoms with Gasteiger partial charge in [-0.15, -0.1) is 0 Å². The van der Waals surface area contributed by atoms with Crippen LogP contribution >= 0.6 is 27.5 Å². The van der Waals surface area contributed by atoms with E-state index in [-0.39, 0.29) is 0 Å². The van der Waals surface area contributed by atoms with E-state index in [0.29, 0.717) is 21.0 Å². The standard InChI is InChI=1S/C10H6BrClFN3/c11-10-6(12)2-1-3-7(10)16-9-4-8(13)14-5-15-9/h1-5H,(H,14,15,16). The van der Waals surface area contributed by atoms with E-state index in [1.807, 2.05) is 0 Å². The summed E-state index contributed by atoms with van der Waals surface area (Å²) in [7, 11) is 0. The van der Waals surface area contributed by atoms with E-state index in [1.54, 1.807) is 18.2 Å². The highest BCUT2D eigenvalue weighted by molar-refractivity contribution is 9.10. The molecule has 0 unspecified atom stereocenters. The lowest BCUT2D eigenvalue weighted by atomic mass is 10.3. The molecule has 0 radical (unpaired) electrons. The molecule has 0 atom stereocenters. The Labute approximate surface area is 105 Å². The highest BCUT2D eigenvalue weighted by Crippen LogP contribution is 2.31. The van der Waals surface area contributed by atoms with Crippen LogP contribution in [0.5, 0.6) is 0 Å². The Hall–Kier alpha value is -1.20. The third kappa shape index (κ3) is 2.48. The van der Waals surface area contributed by atoms with Gasteiger partial charge in [0, 0.05) is 6.07 Å². The van der Waals surface area contributed by atoms with Crippen molar-refractivity contribution in [3.8, 4) is 0 Å². The molecule has 6 heteroatoms. The van der Waals surface area contributed by atoms with Gasteiger partial charge in [0.25, 0.3) is 0 Å². The molecule has 16 heavy (non-hydrogen) atoms. The number of nitrogens with one attached hydrogen (secondary N) is 1. The second-order valence-electron chi connectivity index (χ2n) is 2.95. The van der Waals surface area contributed by atoms with Crippen LogP contribution in [0.4, 0.5) is 15.9 Å². The molecule has 0 amide bonds. The average molecular weight is 303 g/mol. The van der Waals surface area contributed by atoms with Crippen molar-refractivity contribution in [1.29, 1.82) is 0 Å². The van der Waals surface area contributed by atoms with Gasteiger partial charge in [-0.05, 0) is 28.1 Å². The minimum atomic E-state index is -0.587. The van der Waals surface area contributed by atoms with Gasteiger partial charge >= 0.3 is 0 Å². The molecular weight excluding hydrogens is 296 g/mol. The quantitative estimate of drug-likeness (QED) is 0.858. The zero-order chi connectivity index (χ0) is 11.5. The largest absolute Gasteiger partial charge is 0.339 e. The Kier molecular flexibility index (Phi) is 3.36. The first-order chi connectivity index (χ1) is 7.66. The normalized spacial score (nSPS) is 10.2. The molecule has 1 heterocycles. The average Bonchev–Trinajstić information content (AvgIpc) is 2.25. The van der Waals surface area contributed by atoms with Crippen molar-refractivity contribution in [3.63, 3.8) is 0 Å². The smallest absolute Gasteiger partial charge is 0.218 e. The van der Waals surface area contributed by atoms with Gasteiger partial charge in [-0.1, -0.05) is 17.7 Å². The van der Waals surface area contributed by atoms with E-state index in [9.17, 15) is 4.39 Å². The summed E-state index contributed by atoms with van der Waals surface area (Å²) in [6.07, 6.45) is 1.15. The number of rotatable bonds is 2. The van der Waals surface area contributed by atoms with E-state index in [2.05, 4.69) is 31.2 Å². The van der Waals surface area contributed by atoms with Gasteiger partial charge in [0.05, 0.1) is 15.2 Å². The fourth-order valence-electron chi connectivity index (χ4n) is 1.14. The maximum absolute atomic E-state index is 12.8. The molecule has 0 aliphatic heterocycles. The summed E-state index contributed by atoms with van der Waals surface area (Å²) in [6, 6.07) is 6.54. The third-order valence-corrected chi connectivity index (χ3v) is 3.25. The summed E-state index contributed by atoms with van der Waals surface area (Å²) in [6.45, 7) is 0.